The monoisotopic (exact) mass is 485 g/mol. The van der Waals surface area contributed by atoms with Gasteiger partial charge >= 0.3 is 5.69 Å². The number of sulfonamides is 1. The Morgan fingerprint density at radius 3 is 2.53 bits per heavy atom. The van der Waals surface area contributed by atoms with Gasteiger partial charge in [-0.2, -0.15) is 9.40 Å². The number of aromatic nitrogens is 2. The van der Waals surface area contributed by atoms with Gasteiger partial charge in [0.2, 0.25) is 10.0 Å². The highest BCUT2D eigenvalue weighted by molar-refractivity contribution is 7.89. The molecule has 1 N–H and O–H groups in total. The smallest absolute Gasteiger partial charge is 0.312 e. The molecule has 1 aliphatic heterocycles. The molecule has 12 heteroatoms. The van der Waals surface area contributed by atoms with Crippen LogP contribution in [-0.4, -0.2) is 53.0 Å². The van der Waals surface area contributed by atoms with Crippen LogP contribution >= 0.6 is 0 Å². The Morgan fingerprint density at radius 2 is 1.85 bits per heavy atom. The molecule has 4 rings (SSSR count). The van der Waals surface area contributed by atoms with Crippen molar-refractivity contribution >= 4 is 27.4 Å². The van der Waals surface area contributed by atoms with E-state index in [-0.39, 0.29) is 10.6 Å². The number of benzene rings is 2. The molecule has 1 fully saturated rings. The van der Waals surface area contributed by atoms with E-state index < -0.39 is 33.1 Å². The van der Waals surface area contributed by atoms with Gasteiger partial charge in [-0.15, -0.1) is 0 Å². The lowest BCUT2D eigenvalue weighted by atomic mass is 10.3. The summed E-state index contributed by atoms with van der Waals surface area (Å²) in [5.41, 5.74) is 0.904. The van der Waals surface area contributed by atoms with Crippen LogP contribution in [0.1, 0.15) is 18.5 Å². The maximum Gasteiger partial charge on any atom is 0.312 e. The van der Waals surface area contributed by atoms with E-state index in [1.807, 2.05) is 30.3 Å². The Hall–Kier alpha value is -3.77. The van der Waals surface area contributed by atoms with Gasteiger partial charge in [0, 0.05) is 25.2 Å². The predicted octanol–water partition coefficient (Wildman–Crippen LogP) is 2.89. The molecule has 1 amide bonds. The molecule has 0 bridgehead atoms. The molecule has 2 aromatic carbocycles. The molecule has 3 aromatic rings. The minimum atomic E-state index is -3.83. The van der Waals surface area contributed by atoms with Gasteiger partial charge in [0.25, 0.3) is 5.91 Å². The predicted molar refractivity (Wildman–Crippen MR) is 124 cm³/mol. The maximum absolute atomic E-state index is 12.7. The lowest BCUT2D eigenvalue weighted by molar-refractivity contribution is -0.386. The number of amides is 1. The van der Waals surface area contributed by atoms with Gasteiger partial charge in [0.05, 0.1) is 21.2 Å². The Bertz CT molecular complexity index is 1320. The molecule has 0 atom stereocenters. The van der Waals surface area contributed by atoms with E-state index in [0.29, 0.717) is 24.6 Å². The molecule has 0 radical (unpaired) electrons. The Balaban J connectivity index is 1.49. The van der Waals surface area contributed by atoms with Crippen LogP contribution in [0.3, 0.4) is 0 Å². The second-order valence-electron chi connectivity index (χ2n) is 7.75. The number of anilines is 1. The van der Waals surface area contributed by atoms with Crippen LogP contribution in [0.15, 0.2) is 59.5 Å². The van der Waals surface area contributed by atoms with Crippen molar-refractivity contribution in [3.05, 3.63) is 70.4 Å². The summed E-state index contributed by atoms with van der Waals surface area (Å²) in [4.78, 5) is 23.2. The van der Waals surface area contributed by atoms with Gasteiger partial charge in [-0.05, 0) is 44.0 Å². The topological polar surface area (TPSA) is 137 Å². The number of para-hydroxylation sites is 1. The van der Waals surface area contributed by atoms with Crippen molar-refractivity contribution in [3.63, 3.8) is 0 Å². The Morgan fingerprint density at radius 1 is 1.15 bits per heavy atom. The fourth-order valence-electron chi connectivity index (χ4n) is 3.68. The Labute approximate surface area is 196 Å². The zero-order valence-corrected chi connectivity index (χ0v) is 19.2. The lowest BCUT2D eigenvalue weighted by Gasteiger charge is -2.16. The molecule has 1 aliphatic rings. The minimum absolute atomic E-state index is 0.180. The average Bonchev–Trinajstić information content (AvgIpc) is 3.48. The molecule has 0 saturated carbocycles. The summed E-state index contributed by atoms with van der Waals surface area (Å²) in [6.07, 6.45) is 1.50. The summed E-state index contributed by atoms with van der Waals surface area (Å²) in [5.74, 6) is -0.340. The van der Waals surface area contributed by atoms with Crippen LogP contribution in [0.5, 0.6) is 5.75 Å². The summed E-state index contributed by atoms with van der Waals surface area (Å²) in [6, 6.07) is 14.3. The second-order valence-corrected chi connectivity index (χ2v) is 9.69. The van der Waals surface area contributed by atoms with E-state index >= 15 is 0 Å². The third kappa shape index (κ3) is 4.92. The number of carbonyl (C=O) groups excluding carboxylic acids is 1. The van der Waals surface area contributed by atoms with Crippen LogP contribution in [0, 0.1) is 17.0 Å². The number of nitrogens with zero attached hydrogens (tertiary/aromatic N) is 4. The average molecular weight is 486 g/mol. The summed E-state index contributed by atoms with van der Waals surface area (Å²) in [5, 5.41) is 18.6. The quantitative estimate of drug-likeness (QED) is 0.383. The largest absolute Gasteiger partial charge is 0.477 e. The number of ether oxygens (including phenoxy) is 1. The molecule has 1 aromatic heterocycles. The zero-order valence-electron chi connectivity index (χ0n) is 18.4. The zero-order chi connectivity index (χ0) is 24.3. The van der Waals surface area contributed by atoms with Crippen molar-refractivity contribution in [2.75, 3.05) is 25.0 Å². The first-order valence-corrected chi connectivity index (χ1v) is 12.0. The standard InChI is InChI=1S/C22H23N5O6S/c1-16-13-21(26(24-16)17-7-3-2-4-8-17)23-22(28)15-33-20-10-9-18(14-19(20)27(29)30)34(31,32)25-11-5-6-12-25/h2-4,7-10,13-14H,5-6,11-12,15H2,1H3,(H,23,28). The van der Waals surface area contributed by atoms with Crippen molar-refractivity contribution in [2.24, 2.45) is 0 Å². The molecule has 1 saturated heterocycles. The highest BCUT2D eigenvalue weighted by Gasteiger charge is 2.30. The molecule has 11 nitrogen and oxygen atoms in total. The Kier molecular flexibility index (Phi) is 6.61. The minimum Gasteiger partial charge on any atom is -0.477 e. The van der Waals surface area contributed by atoms with Crippen molar-refractivity contribution in [3.8, 4) is 11.4 Å². The number of carbonyl (C=O) groups is 1. The molecule has 178 valence electrons. The first-order chi connectivity index (χ1) is 16.3. The number of rotatable bonds is 8. The molecule has 0 unspecified atom stereocenters. The number of hydrogen-bond donors (Lipinski definition) is 1. The van der Waals surface area contributed by atoms with E-state index in [4.69, 9.17) is 4.74 Å². The lowest BCUT2D eigenvalue weighted by Crippen LogP contribution is -2.28. The van der Waals surface area contributed by atoms with Gasteiger partial charge in [0.15, 0.2) is 12.4 Å². The van der Waals surface area contributed by atoms with E-state index in [2.05, 4.69) is 10.4 Å². The van der Waals surface area contributed by atoms with E-state index in [9.17, 15) is 23.3 Å². The second kappa shape index (κ2) is 9.61. The van der Waals surface area contributed by atoms with Crippen molar-refractivity contribution in [1.82, 2.24) is 14.1 Å². The van der Waals surface area contributed by atoms with Gasteiger partial charge < -0.3 is 10.1 Å². The van der Waals surface area contributed by atoms with Gasteiger partial charge in [0.1, 0.15) is 5.82 Å². The number of nitro benzene ring substituents is 1. The van der Waals surface area contributed by atoms with E-state index in [1.54, 1.807) is 17.7 Å². The van der Waals surface area contributed by atoms with Crippen LogP contribution in [0.25, 0.3) is 5.69 Å². The third-order valence-corrected chi connectivity index (χ3v) is 7.18. The van der Waals surface area contributed by atoms with Crippen LogP contribution in [0.4, 0.5) is 11.5 Å². The molecule has 0 aliphatic carbocycles. The number of hydrogen-bond acceptors (Lipinski definition) is 7. The summed E-state index contributed by atoms with van der Waals surface area (Å²) >= 11 is 0. The van der Waals surface area contributed by atoms with Gasteiger partial charge in [-0.1, -0.05) is 18.2 Å². The normalized spacial score (nSPS) is 14.1. The third-order valence-electron chi connectivity index (χ3n) is 5.29. The molecule has 0 spiro atoms. The summed E-state index contributed by atoms with van der Waals surface area (Å²) in [7, 11) is -3.83. The number of nitro groups is 1. The highest BCUT2D eigenvalue weighted by Crippen LogP contribution is 2.32. The molecular weight excluding hydrogens is 462 g/mol. The fourth-order valence-corrected chi connectivity index (χ4v) is 5.21. The van der Waals surface area contributed by atoms with Crippen LogP contribution in [-0.2, 0) is 14.8 Å². The number of nitrogens with one attached hydrogen (secondary N) is 1. The van der Waals surface area contributed by atoms with Crippen LogP contribution in [0.2, 0.25) is 0 Å². The SMILES string of the molecule is Cc1cc(NC(=O)COc2ccc(S(=O)(=O)N3CCCC3)cc2[N+](=O)[O-])n(-c2ccccc2)n1. The highest BCUT2D eigenvalue weighted by atomic mass is 32.2. The number of aryl methyl sites for hydroxylation is 1. The summed E-state index contributed by atoms with van der Waals surface area (Å²) in [6.45, 7) is 2.03. The molecule has 34 heavy (non-hydrogen) atoms. The first-order valence-electron chi connectivity index (χ1n) is 10.6. The molecule has 2 heterocycles. The van der Waals surface area contributed by atoms with Crippen molar-refractivity contribution in [1.29, 1.82) is 0 Å². The molecular formula is C22H23N5O6S. The fraction of sp³-hybridized carbons (Fsp3) is 0.273. The van der Waals surface area contributed by atoms with Crippen molar-refractivity contribution in [2.45, 2.75) is 24.7 Å². The van der Waals surface area contributed by atoms with Crippen LogP contribution < -0.4 is 10.1 Å². The van der Waals surface area contributed by atoms with Gasteiger partial charge in [-0.3, -0.25) is 14.9 Å². The van der Waals surface area contributed by atoms with Gasteiger partial charge in [-0.25, -0.2) is 13.1 Å². The van der Waals surface area contributed by atoms with Crippen molar-refractivity contribution < 1.29 is 22.9 Å². The summed E-state index contributed by atoms with van der Waals surface area (Å²) < 4.78 is 33.7. The van der Waals surface area contributed by atoms with E-state index in [1.165, 1.54) is 16.4 Å². The van der Waals surface area contributed by atoms with E-state index in [0.717, 1.165) is 24.6 Å². The first kappa shape index (κ1) is 23.4. The maximum atomic E-state index is 12.7.